The van der Waals surface area contributed by atoms with Crippen molar-refractivity contribution in [3.8, 4) is 0 Å². The van der Waals surface area contributed by atoms with Gasteiger partial charge in [0.2, 0.25) is 5.91 Å². The van der Waals surface area contributed by atoms with Crippen LogP contribution in [0.25, 0.3) is 0 Å². The Morgan fingerprint density at radius 2 is 2.19 bits per heavy atom. The Bertz CT molecular complexity index is 330. The molecule has 0 atom stereocenters. The SMILES string of the molecule is CCC(C)(C)N(C)C(=O)CCc1cccs1. The molecule has 0 saturated carbocycles. The third-order valence-electron chi connectivity index (χ3n) is 3.31. The van der Waals surface area contributed by atoms with Gasteiger partial charge in [0.25, 0.3) is 0 Å². The Hall–Kier alpha value is -0.830. The molecule has 0 bridgehead atoms. The van der Waals surface area contributed by atoms with Crippen LogP contribution in [-0.4, -0.2) is 23.4 Å². The lowest BCUT2D eigenvalue weighted by molar-refractivity contribution is -0.134. The third kappa shape index (κ3) is 3.34. The second-order valence-electron chi connectivity index (χ2n) is 4.70. The normalized spacial score (nSPS) is 11.5. The molecule has 1 heterocycles. The van der Waals surface area contributed by atoms with E-state index in [1.807, 2.05) is 18.0 Å². The van der Waals surface area contributed by atoms with E-state index in [-0.39, 0.29) is 11.4 Å². The zero-order valence-electron chi connectivity index (χ0n) is 10.6. The first-order chi connectivity index (χ1) is 7.47. The molecule has 0 saturated heterocycles. The Labute approximate surface area is 102 Å². The minimum atomic E-state index is -0.0352. The quantitative estimate of drug-likeness (QED) is 0.772. The van der Waals surface area contributed by atoms with Gasteiger partial charge in [0.15, 0.2) is 0 Å². The highest BCUT2D eigenvalue weighted by molar-refractivity contribution is 7.09. The molecule has 0 aliphatic carbocycles. The molecule has 1 amide bonds. The molecule has 0 unspecified atom stereocenters. The van der Waals surface area contributed by atoms with Crippen molar-refractivity contribution in [3.63, 3.8) is 0 Å². The van der Waals surface area contributed by atoms with Gasteiger partial charge in [-0.2, -0.15) is 0 Å². The molecule has 0 N–H and O–H groups in total. The van der Waals surface area contributed by atoms with E-state index in [1.165, 1.54) is 4.88 Å². The van der Waals surface area contributed by atoms with Crippen molar-refractivity contribution in [3.05, 3.63) is 22.4 Å². The summed E-state index contributed by atoms with van der Waals surface area (Å²) in [5.74, 6) is 0.236. The van der Waals surface area contributed by atoms with Crippen LogP contribution in [0.5, 0.6) is 0 Å². The number of carbonyl (C=O) groups is 1. The lowest BCUT2D eigenvalue weighted by Gasteiger charge is -2.35. The average Bonchev–Trinajstić information content (AvgIpc) is 2.77. The monoisotopic (exact) mass is 239 g/mol. The predicted octanol–water partition coefficient (Wildman–Crippen LogP) is 3.33. The highest BCUT2D eigenvalue weighted by Crippen LogP contribution is 2.18. The summed E-state index contributed by atoms with van der Waals surface area (Å²) in [7, 11) is 1.90. The Morgan fingerprint density at radius 1 is 1.50 bits per heavy atom. The van der Waals surface area contributed by atoms with Crippen molar-refractivity contribution in [1.29, 1.82) is 0 Å². The van der Waals surface area contributed by atoms with E-state index in [0.29, 0.717) is 6.42 Å². The number of thiophene rings is 1. The number of amides is 1. The summed E-state index contributed by atoms with van der Waals surface area (Å²) >= 11 is 1.72. The van der Waals surface area contributed by atoms with Crippen LogP contribution < -0.4 is 0 Å². The number of hydrogen-bond donors (Lipinski definition) is 0. The number of nitrogens with zero attached hydrogens (tertiary/aromatic N) is 1. The zero-order valence-corrected chi connectivity index (χ0v) is 11.4. The van der Waals surface area contributed by atoms with Crippen molar-refractivity contribution >= 4 is 17.2 Å². The molecule has 90 valence electrons. The fourth-order valence-corrected chi connectivity index (χ4v) is 2.14. The summed E-state index contributed by atoms with van der Waals surface area (Å²) in [4.78, 5) is 15.1. The van der Waals surface area contributed by atoms with Gasteiger partial charge >= 0.3 is 0 Å². The number of rotatable bonds is 5. The highest BCUT2D eigenvalue weighted by Gasteiger charge is 2.24. The van der Waals surface area contributed by atoms with Crippen molar-refractivity contribution in [1.82, 2.24) is 4.90 Å². The van der Waals surface area contributed by atoms with E-state index in [2.05, 4.69) is 32.2 Å². The molecule has 0 aliphatic rings. The summed E-state index contributed by atoms with van der Waals surface area (Å²) in [6, 6.07) is 4.12. The lowest BCUT2D eigenvalue weighted by Crippen LogP contribution is -2.44. The lowest BCUT2D eigenvalue weighted by atomic mass is 9.99. The molecule has 0 fully saturated rings. The maximum atomic E-state index is 12.0. The van der Waals surface area contributed by atoms with Crippen molar-refractivity contribution in [2.24, 2.45) is 0 Å². The molecule has 0 aliphatic heterocycles. The summed E-state index contributed by atoms with van der Waals surface area (Å²) in [6.45, 7) is 6.33. The minimum Gasteiger partial charge on any atom is -0.341 e. The van der Waals surface area contributed by atoms with Gasteiger partial charge < -0.3 is 4.90 Å². The molecule has 1 aromatic heterocycles. The van der Waals surface area contributed by atoms with E-state index in [9.17, 15) is 4.79 Å². The van der Waals surface area contributed by atoms with Crippen molar-refractivity contribution < 1.29 is 4.79 Å². The van der Waals surface area contributed by atoms with Crippen LogP contribution >= 0.6 is 11.3 Å². The largest absolute Gasteiger partial charge is 0.341 e. The Morgan fingerprint density at radius 3 is 2.69 bits per heavy atom. The molecule has 0 spiro atoms. The first-order valence-corrected chi connectivity index (χ1v) is 6.64. The van der Waals surface area contributed by atoms with E-state index in [4.69, 9.17) is 0 Å². The van der Waals surface area contributed by atoms with E-state index in [0.717, 1.165) is 12.8 Å². The molecule has 1 rings (SSSR count). The van der Waals surface area contributed by atoms with Gasteiger partial charge in [-0.25, -0.2) is 0 Å². The standard InChI is InChI=1S/C13H21NOS/c1-5-13(2,3)14(4)12(15)9-8-11-7-6-10-16-11/h6-7,10H,5,8-9H2,1-4H3. The zero-order chi connectivity index (χ0) is 12.2. The molecule has 2 nitrogen and oxygen atoms in total. The summed E-state index contributed by atoms with van der Waals surface area (Å²) in [5.41, 5.74) is -0.0352. The Kier molecular flexibility index (Phi) is 4.54. The summed E-state index contributed by atoms with van der Waals surface area (Å²) in [5, 5.41) is 2.06. The summed E-state index contributed by atoms with van der Waals surface area (Å²) in [6.07, 6.45) is 2.45. The molecule has 3 heteroatoms. The topological polar surface area (TPSA) is 20.3 Å². The van der Waals surface area contributed by atoms with Gasteiger partial charge in [0, 0.05) is 23.9 Å². The predicted molar refractivity (Wildman–Crippen MR) is 69.8 cm³/mol. The van der Waals surface area contributed by atoms with Gasteiger partial charge in [-0.15, -0.1) is 11.3 Å². The average molecular weight is 239 g/mol. The first kappa shape index (κ1) is 13.2. The third-order valence-corrected chi connectivity index (χ3v) is 4.25. The molecular formula is C13H21NOS. The van der Waals surface area contributed by atoms with Gasteiger partial charge in [-0.3, -0.25) is 4.79 Å². The number of carbonyl (C=O) groups excluding carboxylic acids is 1. The van der Waals surface area contributed by atoms with Gasteiger partial charge in [-0.05, 0) is 38.1 Å². The van der Waals surface area contributed by atoms with Gasteiger partial charge in [0.1, 0.15) is 0 Å². The second-order valence-corrected chi connectivity index (χ2v) is 5.73. The van der Waals surface area contributed by atoms with Crippen LogP contribution in [0.4, 0.5) is 0 Å². The Balaban J connectivity index is 2.46. The highest BCUT2D eigenvalue weighted by atomic mass is 32.1. The van der Waals surface area contributed by atoms with Crippen LogP contribution in [0, 0.1) is 0 Å². The maximum absolute atomic E-state index is 12.0. The maximum Gasteiger partial charge on any atom is 0.223 e. The van der Waals surface area contributed by atoms with Gasteiger partial charge in [-0.1, -0.05) is 13.0 Å². The minimum absolute atomic E-state index is 0.0352. The van der Waals surface area contributed by atoms with Crippen LogP contribution in [0.15, 0.2) is 17.5 Å². The van der Waals surface area contributed by atoms with Crippen LogP contribution in [0.2, 0.25) is 0 Å². The van der Waals surface area contributed by atoms with E-state index < -0.39 is 0 Å². The summed E-state index contributed by atoms with van der Waals surface area (Å²) < 4.78 is 0. The first-order valence-electron chi connectivity index (χ1n) is 5.76. The molecular weight excluding hydrogens is 218 g/mol. The van der Waals surface area contributed by atoms with Crippen LogP contribution in [0.3, 0.4) is 0 Å². The fraction of sp³-hybridized carbons (Fsp3) is 0.615. The van der Waals surface area contributed by atoms with E-state index >= 15 is 0 Å². The smallest absolute Gasteiger partial charge is 0.223 e. The molecule has 16 heavy (non-hydrogen) atoms. The van der Waals surface area contributed by atoms with Crippen molar-refractivity contribution in [2.45, 2.75) is 45.6 Å². The fourth-order valence-electron chi connectivity index (χ4n) is 1.43. The molecule has 0 radical (unpaired) electrons. The number of hydrogen-bond acceptors (Lipinski definition) is 2. The van der Waals surface area contributed by atoms with Gasteiger partial charge in [0.05, 0.1) is 0 Å². The number of aryl methyl sites for hydroxylation is 1. The van der Waals surface area contributed by atoms with E-state index in [1.54, 1.807) is 11.3 Å². The van der Waals surface area contributed by atoms with Crippen molar-refractivity contribution in [2.75, 3.05) is 7.05 Å². The molecule has 0 aromatic carbocycles. The second kappa shape index (κ2) is 5.48. The van der Waals surface area contributed by atoms with Crippen LogP contribution in [-0.2, 0) is 11.2 Å². The van der Waals surface area contributed by atoms with Crippen LogP contribution in [0.1, 0.15) is 38.5 Å². The molecule has 1 aromatic rings.